The molecular formula is C20H19N3O3. The van der Waals surface area contributed by atoms with Gasteiger partial charge >= 0.3 is 6.03 Å². The van der Waals surface area contributed by atoms with Crippen molar-refractivity contribution in [3.63, 3.8) is 0 Å². The number of rotatable bonds is 1. The second-order valence-corrected chi connectivity index (χ2v) is 6.56. The van der Waals surface area contributed by atoms with Crippen LogP contribution in [-0.4, -0.2) is 35.7 Å². The Labute approximate surface area is 150 Å². The fourth-order valence-electron chi connectivity index (χ4n) is 3.73. The van der Waals surface area contributed by atoms with E-state index in [9.17, 15) is 4.79 Å². The van der Waals surface area contributed by atoms with Crippen molar-refractivity contribution in [3.05, 3.63) is 53.7 Å². The number of carbonyl (C=O) groups excluding carboxylic acids is 1. The summed E-state index contributed by atoms with van der Waals surface area (Å²) in [5.74, 6) is 1.28. The molecule has 2 aromatic carbocycles. The molecule has 0 spiro atoms. The van der Waals surface area contributed by atoms with Crippen LogP contribution in [0.1, 0.15) is 11.3 Å². The number of amides is 2. The van der Waals surface area contributed by atoms with Crippen molar-refractivity contribution in [2.45, 2.75) is 13.0 Å². The van der Waals surface area contributed by atoms with Crippen LogP contribution in [0.5, 0.6) is 11.5 Å². The van der Waals surface area contributed by atoms with E-state index in [-0.39, 0.29) is 6.03 Å². The molecule has 2 aliphatic heterocycles. The van der Waals surface area contributed by atoms with Crippen LogP contribution in [0, 0.1) is 0 Å². The summed E-state index contributed by atoms with van der Waals surface area (Å²) < 4.78 is 11.3. The van der Waals surface area contributed by atoms with Crippen LogP contribution in [0.15, 0.2) is 42.5 Å². The average Bonchev–Trinajstić information content (AvgIpc) is 3.06. The molecule has 6 nitrogen and oxygen atoms in total. The number of fused-ring (bicyclic) bond motifs is 4. The highest BCUT2D eigenvalue weighted by Crippen LogP contribution is 2.37. The van der Waals surface area contributed by atoms with E-state index in [0.717, 1.165) is 17.6 Å². The molecule has 2 N–H and O–H groups in total. The summed E-state index contributed by atoms with van der Waals surface area (Å²) in [6.45, 7) is 2.27. The Morgan fingerprint density at radius 1 is 1.08 bits per heavy atom. The van der Waals surface area contributed by atoms with E-state index in [0.29, 0.717) is 43.5 Å². The molecule has 0 bridgehead atoms. The Kier molecular flexibility index (Phi) is 3.48. The maximum atomic E-state index is 12.8. The Hall–Kier alpha value is -3.15. The Bertz CT molecular complexity index is 995. The number of H-pyrrole nitrogens is 1. The first kappa shape index (κ1) is 15.1. The first-order valence-electron chi connectivity index (χ1n) is 8.82. The minimum atomic E-state index is -0.128. The normalized spacial score (nSPS) is 15.6. The van der Waals surface area contributed by atoms with Crippen molar-refractivity contribution < 1.29 is 14.3 Å². The molecule has 0 atom stereocenters. The van der Waals surface area contributed by atoms with Gasteiger partial charge in [-0.2, -0.15) is 0 Å². The van der Waals surface area contributed by atoms with Gasteiger partial charge in [0.05, 0.1) is 12.2 Å². The quantitative estimate of drug-likeness (QED) is 0.706. The zero-order valence-electron chi connectivity index (χ0n) is 14.2. The monoisotopic (exact) mass is 349 g/mol. The molecule has 6 heteroatoms. The summed E-state index contributed by atoms with van der Waals surface area (Å²) in [6, 6.07) is 13.7. The first-order valence-corrected chi connectivity index (χ1v) is 8.82. The predicted octanol–water partition coefficient (Wildman–Crippen LogP) is 3.53. The number of nitrogens with zero attached hydrogens (tertiary/aromatic N) is 1. The smallest absolute Gasteiger partial charge is 0.322 e. The van der Waals surface area contributed by atoms with Crippen LogP contribution < -0.4 is 14.8 Å². The minimum Gasteiger partial charge on any atom is -0.486 e. The molecule has 2 aliphatic rings. The maximum Gasteiger partial charge on any atom is 0.322 e. The van der Waals surface area contributed by atoms with E-state index < -0.39 is 0 Å². The largest absolute Gasteiger partial charge is 0.486 e. The van der Waals surface area contributed by atoms with Crippen LogP contribution in [0.3, 0.4) is 0 Å². The van der Waals surface area contributed by atoms with E-state index in [2.05, 4.69) is 28.5 Å². The molecule has 0 fully saturated rings. The van der Waals surface area contributed by atoms with Gasteiger partial charge in [0.1, 0.15) is 13.2 Å². The third-order valence-corrected chi connectivity index (χ3v) is 4.98. The molecule has 0 unspecified atom stereocenters. The van der Waals surface area contributed by atoms with Gasteiger partial charge in [-0.1, -0.05) is 24.3 Å². The molecule has 1 aromatic heterocycles. The third kappa shape index (κ3) is 2.45. The zero-order valence-corrected chi connectivity index (χ0v) is 14.2. The molecule has 3 aromatic rings. The topological polar surface area (TPSA) is 66.6 Å². The average molecular weight is 349 g/mol. The first-order chi connectivity index (χ1) is 12.8. The fraction of sp³-hybridized carbons (Fsp3) is 0.250. The summed E-state index contributed by atoms with van der Waals surface area (Å²) >= 11 is 0. The molecule has 2 amide bonds. The number of hydrogen-bond acceptors (Lipinski definition) is 3. The van der Waals surface area contributed by atoms with Gasteiger partial charge < -0.3 is 24.7 Å². The minimum absolute atomic E-state index is 0.128. The third-order valence-electron chi connectivity index (χ3n) is 4.98. The van der Waals surface area contributed by atoms with Gasteiger partial charge in [-0.3, -0.25) is 0 Å². The highest BCUT2D eigenvalue weighted by molar-refractivity contribution is 5.92. The summed E-state index contributed by atoms with van der Waals surface area (Å²) in [6.07, 6.45) is 0.847. The number of aromatic nitrogens is 1. The van der Waals surface area contributed by atoms with Crippen LogP contribution >= 0.6 is 0 Å². The Morgan fingerprint density at radius 2 is 1.96 bits per heavy atom. The molecule has 3 heterocycles. The van der Waals surface area contributed by atoms with E-state index in [1.54, 1.807) is 0 Å². The van der Waals surface area contributed by atoms with Crippen molar-refractivity contribution in [3.8, 4) is 11.5 Å². The van der Waals surface area contributed by atoms with Gasteiger partial charge in [-0.05, 0) is 30.2 Å². The summed E-state index contributed by atoms with van der Waals surface area (Å²) in [4.78, 5) is 18.1. The number of para-hydroxylation sites is 2. The molecule has 5 rings (SSSR count). The second kappa shape index (κ2) is 5.98. The van der Waals surface area contributed by atoms with Crippen LogP contribution in [0.25, 0.3) is 10.9 Å². The molecule has 26 heavy (non-hydrogen) atoms. The van der Waals surface area contributed by atoms with E-state index in [1.807, 2.05) is 29.2 Å². The summed E-state index contributed by atoms with van der Waals surface area (Å²) in [7, 11) is 0. The standard InChI is InChI=1S/C20H19N3O3/c24-20(22-16-6-3-7-18-19(16)26-11-10-25-18)23-9-8-14-13-4-1-2-5-15(13)21-17(14)12-23/h1-7,21H,8-12H2,(H,22,24). The summed E-state index contributed by atoms with van der Waals surface area (Å²) in [5.41, 5.74) is 4.21. The molecule has 0 aliphatic carbocycles. The predicted molar refractivity (Wildman–Crippen MR) is 98.9 cm³/mol. The zero-order chi connectivity index (χ0) is 17.5. The van der Waals surface area contributed by atoms with Crippen LogP contribution in [0.2, 0.25) is 0 Å². The molecule has 0 radical (unpaired) electrons. The number of nitrogens with one attached hydrogen (secondary N) is 2. The summed E-state index contributed by atoms with van der Waals surface area (Å²) in [5, 5.41) is 4.23. The van der Waals surface area contributed by atoms with E-state index in [1.165, 1.54) is 10.9 Å². The Morgan fingerprint density at radius 3 is 2.92 bits per heavy atom. The fourth-order valence-corrected chi connectivity index (χ4v) is 3.73. The number of carbonyl (C=O) groups is 1. The molecule has 0 saturated heterocycles. The van der Waals surface area contributed by atoms with Crippen LogP contribution in [0.4, 0.5) is 10.5 Å². The SMILES string of the molecule is O=C(Nc1cccc2c1OCCO2)N1CCc2c([nH]c3ccccc23)C1. The van der Waals surface area contributed by atoms with E-state index in [4.69, 9.17) is 9.47 Å². The van der Waals surface area contributed by atoms with Crippen molar-refractivity contribution in [1.29, 1.82) is 0 Å². The Balaban J connectivity index is 1.37. The van der Waals surface area contributed by atoms with Crippen molar-refractivity contribution in [2.75, 3.05) is 25.1 Å². The van der Waals surface area contributed by atoms with E-state index >= 15 is 0 Å². The lowest BCUT2D eigenvalue weighted by atomic mass is 10.0. The van der Waals surface area contributed by atoms with Gasteiger partial charge in [-0.25, -0.2) is 4.79 Å². The van der Waals surface area contributed by atoms with Gasteiger partial charge in [0, 0.05) is 23.1 Å². The lowest BCUT2D eigenvalue weighted by molar-refractivity contribution is 0.172. The molecular weight excluding hydrogens is 330 g/mol. The van der Waals surface area contributed by atoms with Crippen LogP contribution in [-0.2, 0) is 13.0 Å². The molecule has 132 valence electrons. The van der Waals surface area contributed by atoms with Crippen molar-refractivity contribution in [1.82, 2.24) is 9.88 Å². The lowest BCUT2D eigenvalue weighted by Crippen LogP contribution is -2.39. The lowest BCUT2D eigenvalue weighted by Gasteiger charge is -2.28. The number of aromatic amines is 1. The number of hydrogen-bond donors (Lipinski definition) is 2. The van der Waals surface area contributed by atoms with Gasteiger partial charge in [0.25, 0.3) is 0 Å². The number of anilines is 1. The number of benzene rings is 2. The van der Waals surface area contributed by atoms with Crippen molar-refractivity contribution in [2.24, 2.45) is 0 Å². The van der Waals surface area contributed by atoms with Gasteiger partial charge in [0.2, 0.25) is 0 Å². The number of urea groups is 1. The maximum absolute atomic E-state index is 12.8. The van der Waals surface area contributed by atoms with Crippen molar-refractivity contribution >= 4 is 22.6 Å². The van der Waals surface area contributed by atoms with Gasteiger partial charge in [-0.15, -0.1) is 0 Å². The number of ether oxygens (including phenoxy) is 2. The highest BCUT2D eigenvalue weighted by atomic mass is 16.6. The highest BCUT2D eigenvalue weighted by Gasteiger charge is 2.25. The van der Waals surface area contributed by atoms with Gasteiger partial charge in [0.15, 0.2) is 11.5 Å². The molecule has 0 saturated carbocycles. The second-order valence-electron chi connectivity index (χ2n) is 6.56.